The quantitative estimate of drug-likeness (QED) is 0.174. The third-order valence-electron chi connectivity index (χ3n) is 12.2. The molecule has 0 unspecified atom stereocenters. The number of thiophene rings is 1. The van der Waals surface area contributed by atoms with Gasteiger partial charge < -0.3 is 9.13 Å². The van der Waals surface area contributed by atoms with Crippen LogP contribution in [0.4, 0.5) is 0 Å². The molecule has 0 saturated carbocycles. The number of benzene rings is 8. The predicted octanol–water partition coefficient (Wildman–Crippen LogP) is 14.6. The molecule has 0 saturated heterocycles. The lowest BCUT2D eigenvalue weighted by atomic mass is 10.0. The lowest BCUT2D eigenvalue weighted by Crippen LogP contribution is -1.97. The summed E-state index contributed by atoms with van der Waals surface area (Å²) in [4.78, 5) is 14.9. The van der Waals surface area contributed by atoms with Gasteiger partial charge in [0.05, 0.1) is 43.5 Å². The first-order chi connectivity index (χ1) is 30.2. The van der Waals surface area contributed by atoms with E-state index in [9.17, 15) is 0 Å². The first-order valence-electron chi connectivity index (χ1n) is 20.5. The van der Waals surface area contributed by atoms with E-state index in [1.54, 1.807) is 11.3 Å². The summed E-state index contributed by atoms with van der Waals surface area (Å²) in [6.07, 6.45) is 1.89. The van der Waals surface area contributed by atoms with Gasteiger partial charge in [-0.15, -0.1) is 11.3 Å². The number of aromatic nitrogens is 5. The molecular weight excluding hydrogens is 763 g/mol. The number of fused-ring (bicyclic) bond motifs is 10. The van der Waals surface area contributed by atoms with E-state index in [1.807, 2.05) is 30.5 Å². The highest BCUT2D eigenvalue weighted by Crippen LogP contribution is 2.40. The Kier molecular flexibility index (Phi) is 7.41. The third kappa shape index (κ3) is 5.29. The average Bonchev–Trinajstić information content (AvgIpc) is 3.98. The molecule has 0 atom stereocenters. The maximum atomic E-state index is 5.14. The minimum Gasteiger partial charge on any atom is -0.309 e. The maximum absolute atomic E-state index is 5.14. The summed E-state index contributed by atoms with van der Waals surface area (Å²) in [5.74, 6) is 0.711. The van der Waals surface area contributed by atoms with Crippen LogP contribution in [0.2, 0.25) is 0 Å². The Morgan fingerprint density at radius 3 is 1.84 bits per heavy atom. The Morgan fingerprint density at radius 2 is 1.00 bits per heavy atom. The lowest BCUT2D eigenvalue weighted by molar-refractivity contribution is 1.17. The van der Waals surface area contributed by atoms with Gasteiger partial charge in [-0.2, -0.15) is 0 Å². The summed E-state index contributed by atoms with van der Waals surface area (Å²) in [7, 11) is 0. The van der Waals surface area contributed by atoms with Crippen LogP contribution in [0.15, 0.2) is 200 Å². The first-order valence-corrected chi connectivity index (χ1v) is 21.3. The molecule has 0 bridgehead atoms. The second-order valence-corrected chi connectivity index (χ2v) is 16.7. The Bertz CT molecular complexity index is 3880. The van der Waals surface area contributed by atoms with Crippen molar-refractivity contribution in [1.82, 2.24) is 24.1 Å². The Labute approximate surface area is 354 Å². The standard InChI is InChI=1S/C55H33N5S/c1-2-11-34(12-3-1)53-43-15-4-7-16-46(43)57-55(58-53)35-20-24-38(25-21-35)59-47-17-8-5-13-40(47)42-27-22-37(32-50(42)59)36-23-28-49-44(31-36)41-14-6-9-18-48(41)60(49)39-26-29-51-45(33-39)54-52(61-51)19-10-30-56-54/h1-33H. The second-order valence-electron chi connectivity index (χ2n) is 15.6. The van der Waals surface area contributed by atoms with Crippen LogP contribution in [0, 0.1) is 0 Å². The molecule has 6 heteroatoms. The molecule has 5 heterocycles. The normalized spacial score (nSPS) is 11.9. The summed E-state index contributed by atoms with van der Waals surface area (Å²) < 4.78 is 7.25. The monoisotopic (exact) mass is 795 g/mol. The minimum atomic E-state index is 0.711. The zero-order chi connectivity index (χ0) is 40.0. The molecule has 0 amide bonds. The van der Waals surface area contributed by atoms with Crippen molar-refractivity contribution in [2.24, 2.45) is 0 Å². The molecule has 0 spiro atoms. The van der Waals surface area contributed by atoms with Crippen LogP contribution in [0.1, 0.15) is 0 Å². The van der Waals surface area contributed by atoms with Gasteiger partial charge in [0, 0.05) is 65.7 Å². The topological polar surface area (TPSA) is 48.5 Å². The number of rotatable bonds is 5. The lowest BCUT2D eigenvalue weighted by Gasteiger charge is -2.12. The smallest absolute Gasteiger partial charge is 0.160 e. The largest absolute Gasteiger partial charge is 0.309 e. The van der Waals surface area contributed by atoms with Gasteiger partial charge in [0.25, 0.3) is 0 Å². The van der Waals surface area contributed by atoms with Crippen molar-refractivity contribution >= 4 is 86.2 Å². The van der Waals surface area contributed by atoms with E-state index in [1.165, 1.54) is 64.0 Å². The Balaban J connectivity index is 0.933. The van der Waals surface area contributed by atoms with Crippen LogP contribution in [-0.4, -0.2) is 24.1 Å². The Morgan fingerprint density at radius 1 is 0.361 bits per heavy atom. The fraction of sp³-hybridized carbons (Fsp3) is 0. The van der Waals surface area contributed by atoms with Gasteiger partial charge in [-0.25, -0.2) is 9.97 Å². The molecule has 5 aromatic heterocycles. The fourth-order valence-corrected chi connectivity index (χ4v) is 10.4. The summed E-state index contributed by atoms with van der Waals surface area (Å²) in [6.45, 7) is 0. The number of hydrogen-bond acceptors (Lipinski definition) is 4. The van der Waals surface area contributed by atoms with Gasteiger partial charge in [0.15, 0.2) is 5.82 Å². The maximum Gasteiger partial charge on any atom is 0.160 e. The van der Waals surface area contributed by atoms with Crippen LogP contribution in [0.5, 0.6) is 0 Å². The van der Waals surface area contributed by atoms with E-state index in [0.717, 1.165) is 50.1 Å². The molecular formula is C55H33N5S. The van der Waals surface area contributed by atoms with Gasteiger partial charge in [-0.3, -0.25) is 4.98 Å². The van der Waals surface area contributed by atoms with Gasteiger partial charge in [0.1, 0.15) is 0 Å². The van der Waals surface area contributed by atoms with Crippen molar-refractivity contribution in [2.75, 3.05) is 0 Å². The highest BCUT2D eigenvalue weighted by molar-refractivity contribution is 7.25. The highest BCUT2D eigenvalue weighted by atomic mass is 32.1. The number of para-hydroxylation sites is 3. The van der Waals surface area contributed by atoms with E-state index in [4.69, 9.17) is 15.0 Å². The SMILES string of the molecule is c1ccc(-c2nc(-c3ccc(-n4c5ccccc5c5ccc(-c6ccc7c(c6)c6ccccc6n7-c6ccc7sc8cccnc8c7c6)cc54)cc3)nc3ccccc23)cc1. The zero-order valence-electron chi connectivity index (χ0n) is 32.7. The molecule has 5 nitrogen and oxygen atoms in total. The summed E-state index contributed by atoms with van der Waals surface area (Å²) in [5.41, 5.74) is 14.2. The Hall–Kier alpha value is -7.93. The summed E-state index contributed by atoms with van der Waals surface area (Å²) >= 11 is 1.80. The van der Waals surface area contributed by atoms with Crippen molar-refractivity contribution in [3.05, 3.63) is 200 Å². The molecule has 0 radical (unpaired) electrons. The van der Waals surface area contributed by atoms with Crippen LogP contribution >= 0.6 is 11.3 Å². The van der Waals surface area contributed by atoms with E-state index in [0.29, 0.717) is 5.82 Å². The van der Waals surface area contributed by atoms with Crippen LogP contribution in [0.25, 0.3) is 120 Å². The summed E-state index contributed by atoms with van der Waals surface area (Å²) in [5, 5.41) is 7.14. The molecule has 0 aliphatic rings. The fourth-order valence-electron chi connectivity index (χ4n) is 9.37. The van der Waals surface area contributed by atoms with Crippen molar-refractivity contribution in [3.8, 4) is 45.1 Å². The van der Waals surface area contributed by atoms with Gasteiger partial charge in [-0.1, -0.05) is 103 Å². The molecule has 0 N–H and O–H groups in total. The number of nitrogens with zero attached hydrogens (tertiary/aromatic N) is 5. The highest BCUT2D eigenvalue weighted by Gasteiger charge is 2.18. The van der Waals surface area contributed by atoms with Gasteiger partial charge in [0.2, 0.25) is 0 Å². The van der Waals surface area contributed by atoms with Crippen molar-refractivity contribution in [1.29, 1.82) is 0 Å². The van der Waals surface area contributed by atoms with Crippen molar-refractivity contribution in [3.63, 3.8) is 0 Å². The minimum absolute atomic E-state index is 0.711. The van der Waals surface area contributed by atoms with E-state index in [-0.39, 0.29) is 0 Å². The summed E-state index contributed by atoms with van der Waals surface area (Å²) in [6, 6.07) is 69.6. The van der Waals surface area contributed by atoms with E-state index in [2.05, 4.69) is 179 Å². The number of pyridine rings is 1. The second kappa shape index (κ2) is 13.3. The molecule has 61 heavy (non-hydrogen) atoms. The van der Waals surface area contributed by atoms with Crippen LogP contribution < -0.4 is 0 Å². The average molecular weight is 796 g/mol. The van der Waals surface area contributed by atoms with E-state index >= 15 is 0 Å². The predicted molar refractivity (Wildman–Crippen MR) is 255 cm³/mol. The van der Waals surface area contributed by atoms with Gasteiger partial charge >= 0.3 is 0 Å². The zero-order valence-corrected chi connectivity index (χ0v) is 33.5. The van der Waals surface area contributed by atoms with E-state index < -0.39 is 0 Å². The number of hydrogen-bond donors (Lipinski definition) is 0. The first kappa shape index (κ1) is 34.0. The van der Waals surface area contributed by atoms with Crippen molar-refractivity contribution in [2.45, 2.75) is 0 Å². The van der Waals surface area contributed by atoms with Crippen LogP contribution in [0.3, 0.4) is 0 Å². The van der Waals surface area contributed by atoms with Gasteiger partial charge in [-0.05, 0) is 102 Å². The van der Waals surface area contributed by atoms with Crippen molar-refractivity contribution < 1.29 is 0 Å². The molecule has 284 valence electrons. The van der Waals surface area contributed by atoms with Crippen LogP contribution in [-0.2, 0) is 0 Å². The molecule has 0 aliphatic heterocycles. The molecule has 0 fully saturated rings. The molecule has 13 aromatic rings. The third-order valence-corrected chi connectivity index (χ3v) is 13.3. The molecule has 0 aliphatic carbocycles. The molecule has 13 rings (SSSR count). The molecule has 8 aromatic carbocycles.